The Morgan fingerprint density at radius 1 is 0.815 bits per heavy atom. The molecule has 4 aromatic rings. The second-order valence-electron chi connectivity index (χ2n) is 6.06. The largest absolute Gasteiger partial charge is 0.322 e. The van der Waals surface area contributed by atoms with Crippen molar-refractivity contribution in [1.29, 1.82) is 0 Å². The van der Waals surface area contributed by atoms with E-state index in [0.717, 1.165) is 0 Å². The van der Waals surface area contributed by atoms with E-state index in [4.69, 9.17) is 11.6 Å². The second-order valence-corrected chi connectivity index (χ2v) is 6.50. The van der Waals surface area contributed by atoms with Crippen LogP contribution in [-0.4, -0.2) is 10.5 Å². The van der Waals surface area contributed by atoms with E-state index in [-0.39, 0.29) is 11.5 Å². The first-order valence-corrected chi connectivity index (χ1v) is 8.78. The molecule has 1 amide bonds. The summed E-state index contributed by atoms with van der Waals surface area (Å²) in [4.78, 5) is 25.9. The fraction of sp³-hybridized carbons (Fsp3) is 0. The number of anilines is 1. The number of rotatable bonds is 3. The van der Waals surface area contributed by atoms with Crippen molar-refractivity contribution in [2.24, 2.45) is 0 Å². The maximum atomic E-state index is 12.9. The molecule has 0 saturated heterocycles. The third-order valence-electron chi connectivity index (χ3n) is 4.31. The number of aromatic nitrogens is 1. The van der Waals surface area contributed by atoms with E-state index in [9.17, 15) is 9.59 Å². The molecule has 132 valence electrons. The number of nitrogens with zero attached hydrogens (tertiary/aromatic N) is 1. The number of hydrogen-bond acceptors (Lipinski definition) is 2. The molecule has 0 spiro atoms. The Bertz CT molecular complexity index is 1180. The van der Waals surface area contributed by atoms with Gasteiger partial charge in [-0.15, -0.1) is 0 Å². The van der Waals surface area contributed by atoms with Crippen molar-refractivity contribution in [2.45, 2.75) is 0 Å². The van der Waals surface area contributed by atoms with Gasteiger partial charge in [0.05, 0.1) is 5.56 Å². The van der Waals surface area contributed by atoms with Gasteiger partial charge in [-0.1, -0.05) is 48.0 Å². The topological polar surface area (TPSA) is 51.1 Å². The average molecular weight is 375 g/mol. The molecule has 3 aromatic carbocycles. The summed E-state index contributed by atoms with van der Waals surface area (Å²) in [5.41, 5.74) is 1.59. The first-order chi connectivity index (χ1) is 13.1. The molecule has 0 fully saturated rings. The molecule has 0 atom stereocenters. The highest BCUT2D eigenvalue weighted by molar-refractivity contribution is 6.30. The number of benzene rings is 3. The lowest BCUT2D eigenvalue weighted by molar-refractivity contribution is 0.102. The van der Waals surface area contributed by atoms with Crippen molar-refractivity contribution in [1.82, 2.24) is 4.57 Å². The van der Waals surface area contributed by atoms with Gasteiger partial charge in [0.25, 0.3) is 11.5 Å². The zero-order valence-electron chi connectivity index (χ0n) is 14.2. The van der Waals surface area contributed by atoms with Crippen molar-refractivity contribution in [3.05, 3.63) is 106 Å². The van der Waals surface area contributed by atoms with Gasteiger partial charge in [0.1, 0.15) is 0 Å². The number of nitrogens with one attached hydrogen (secondary N) is 1. The van der Waals surface area contributed by atoms with E-state index in [1.165, 1.54) is 4.57 Å². The summed E-state index contributed by atoms with van der Waals surface area (Å²) in [6, 6.07) is 23.2. The zero-order valence-corrected chi connectivity index (χ0v) is 15.0. The van der Waals surface area contributed by atoms with Gasteiger partial charge in [0.15, 0.2) is 0 Å². The highest BCUT2D eigenvalue weighted by atomic mass is 35.5. The summed E-state index contributed by atoms with van der Waals surface area (Å²) in [5.74, 6) is -0.293. The molecule has 0 bridgehead atoms. The van der Waals surface area contributed by atoms with Gasteiger partial charge >= 0.3 is 0 Å². The molecule has 0 saturated carbocycles. The van der Waals surface area contributed by atoms with Crippen molar-refractivity contribution in [3.63, 3.8) is 0 Å². The zero-order chi connectivity index (χ0) is 18.8. The van der Waals surface area contributed by atoms with Crippen LogP contribution in [0.25, 0.3) is 16.5 Å². The van der Waals surface area contributed by atoms with E-state index < -0.39 is 0 Å². The average Bonchev–Trinajstić information content (AvgIpc) is 2.71. The van der Waals surface area contributed by atoms with E-state index in [2.05, 4.69) is 5.32 Å². The first-order valence-electron chi connectivity index (χ1n) is 8.40. The molecule has 0 aliphatic carbocycles. The lowest BCUT2D eigenvalue weighted by atomic mass is 10.1. The van der Waals surface area contributed by atoms with Crippen molar-refractivity contribution in [2.75, 3.05) is 5.32 Å². The summed E-state index contributed by atoms with van der Waals surface area (Å²) >= 11 is 5.90. The van der Waals surface area contributed by atoms with E-state index in [1.54, 1.807) is 48.7 Å². The highest BCUT2D eigenvalue weighted by Gasteiger charge is 2.15. The van der Waals surface area contributed by atoms with Gasteiger partial charge in [0.2, 0.25) is 0 Å². The van der Waals surface area contributed by atoms with Crippen LogP contribution in [0.2, 0.25) is 5.02 Å². The fourth-order valence-electron chi connectivity index (χ4n) is 2.98. The Balaban J connectivity index is 1.86. The summed E-state index contributed by atoms with van der Waals surface area (Å²) in [5, 5.41) is 4.56. The Hall–Kier alpha value is -3.37. The van der Waals surface area contributed by atoms with Crippen LogP contribution in [-0.2, 0) is 0 Å². The fourth-order valence-corrected chi connectivity index (χ4v) is 3.11. The van der Waals surface area contributed by atoms with Crippen LogP contribution >= 0.6 is 11.6 Å². The molecule has 5 heteroatoms. The molecule has 0 aliphatic heterocycles. The molecule has 1 N–H and O–H groups in total. The van der Waals surface area contributed by atoms with Crippen LogP contribution in [0, 0.1) is 0 Å². The van der Waals surface area contributed by atoms with Crippen LogP contribution < -0.4 is 10.9 Å². The lowest BCUT2D eigenvalue weighted by Crippen LogP contribution is -2.22. The monoisotopic (exact) mass is 374 g/mol. The van der Waals surface area contributed by atoms with Gasteiger partial charge in [-0.3, -0.25) is 14.2 Å². The molecule has 4 rings (SSSR count). The Morgan fingerprint density at radius 3 is 2.15 bits per heavy atom. The lowest BCUT2D eigenvalue weighted by Gasteiger charge is -2.13. The molecule has 27 heavy (non-hydrogen) atoms. The minimum Gasteiger partial charge on any atom is -0.322 e. The summed E-state index contributed by atoms with van der Waals surface area (Å²) in [6.07, 6.45) is 1.59. The van der Waals surface area contributed by atoms with Crippen LogP contribution in [0.3, 0.4) is 0 Å². The maximum Gasteiger partial charge on any atom is 0.262 e. The molecular weight excluding hydrogens is 360 g/mol. The number of para-hydroxylation sites is 1. The number of hydrogen-bond donors (Lipinski definition) is 1. The number of amides is 1. The van der Waals surface area contributed by atoms with E-state index >= 15 is 0 Å². The van der Waals surface area contributed by atoms with Crippen molar-refractivity contribution < 1.29 is 4.79 Å². The van der Waals surface area contributed by atoms with Gasteiger partial charge in [-0.2, -0.15) is 0 Å². The van der Waals surface area contributed by atoms with Crippen LogP contribution in [0.15, 0.2) is 89.9 Å². The summed E-state index contributed by atoms with van der Waals surface area (Å²) < 4.78 is 1.50. The molecule has 1 aromatic heterocycles. The SMILES string of the molecule is O=C(Nc1ccc(Cl)cc1)c1cn(-c2ccccc2)c(=O)c2ccccc12. The molecule has 0 aliphatic rings. The normalized spacial score (nSPS) is 10.7. The van der Waals surface area contributed by atoms with Gasteiger partial charge in [0, 0.05) is 33.4 Å². The van der Waals surface area contributed by atoms with Crippen LogP contribution in [0.1, 0.15) is 10.4 Å². The molecular formula is C22H15ClN2O2. The van der Waals surface area contributed by atoms with Gasteiger partial charge in [-0.25, -0.2) is 0 Å². The third-order valence-corrected chi connectivity index (χ3v) is 4.56. The predicted molar refractivity (Wildman–Crippen MR) is 109 cm³/mol. The number of pyridine rings is 1. The standard InChI is InChI=1S/C22H15ClN2O2/c23-15-10-12-16(13-11-15)24-21(26)20-14-25(17-6-2-1-3-7-17)22(27)19-9-5-4-8-18(19)20/h1-14H,(H,24,26). The number of halogens is 1. The molecule has 0 unspecified atom stereocenters. The first kappa shape index (κ1) is 17.1. The predicted octanol–water partition coefficient (Wildman–Crippen LogP) is 4.90. The van der Waals surface area contributed by atoms with Crippen LogP contribution in [0.4, 0.5) is 5.69 Å². The highest BCUT2D eigenvalue weighted by Crippen LogP contribution is 2.20. The molecule has 4 nitrogen and oxygen atoms in total. The minimum absolute atomic E-state index is 0.167. The van der Waals surface area contributed by atoms with Gasteiger partial charge < -0.3 is 5.32 Å². The second kappa shape index (κ2) is 7.09. The third kappa shape index (κ3) is 3.35. The Morgan fingerprint density at radius 2 is 1.44 bits per heavy atom. The Kier molecular flexibility index (Phi) is 4.48. The van der Waals surface area contributed by atoms with Crippen molar-refractivity contribution >= 4 is 34.0 Å². The van der Waals surface area contributed by atoms with Gasteiger partial charge in [-0.05, 0) is 42.5 Å². The van der Waals surface area contributed by atoms with E-state index in [1.807, 2.05) is 36.4 Å². The van der Waals surface area contributed by atoms with E-state index in [0.29, 0.717) is 32.7 Å². The van der Waals surface area contributed by atoms with Crippen LogP contribution in [0.5, 0.6) is 0 Å². The minimum atomic E-state index is -0.293. The molecule has 1 heterocycles. The maximum absolute atomic E-state index is 12.9. The summed E-state index contributed by atoms with van der Waals surface area (Å²) in [7, 11) is 0. The quantitative estimate of drug-likeness (QED) is 0.554. The number of carbonyl (C=O) groups is 1. The smallest absolute Gasteiger partial charge is 0.262 e. The summed E-state index contributed by atoms with van der Waals surface area (Å²) in [6.45, 7) is 0. The Labute approximate surface area is 160 Å². The number of carbonyl (C=O) groups excluding carboxylic acids is 1. The molecule has 0 radical (unpaired) electrons. The number of fused-ring (bicyclic) bond motifs is 1. The van der Waals surface area contributed by atoms with Crippen molar-refractivity contribution in [3.8, 4) is 5.69 Å².